The Morgan fingerprint density at radius 1 is 1.58 bits per heavy atom. The van der Waals surface area contributed by atoms with Crippen molar-refractivity contribution in [2.45, 2.75) is 18.9 Å². The quantitative estimate of drug-likeness (QED) is 0.583. The molecule has 4 heteroatoms. The molecule has 0 aliphatic carbocycles. The van der Waals surface area contributed by atoms with Gasteiger partial charge in [0, 0.05) is 26.7 Å². The summed E-state index contributed by atoms with van der Waals surface area (Å²) in [5.41, 5.74) is 0. The molecule has 0 bridgehead atoms. The SMILES string of the molecule is CN(C)C(=O)N[C@@H]1CCCNC1. The first-order chi connectivity index (χ1) is 5.70. The molecule has 4 nitrogen and oxygen atoms in total. The maximum atomic E-state index is 11.2. The van der Waals surface area contributed by atoms with Gasteiger partial charge in [-0.3, -0.25) is 0 Å². The fraction of sp³-hybridized carbons (Fsp3) is 0.875. The maximum Gasteiger partial charge on any atom is 0.317 e. The Labute approximate surface area is 73.3 Å². The Hall–Kier alpha value is -0.770. The molecule has 70 valence electrons. The van der Waals surface area contributed by atoms with Gasteiger partial charge in [0.2, 0.25) is 0 Å². The van der Waals surface area contributed by atoms with Crippen LogP contribution in [0.4, 0.5) is 4.79 Å². The van der Waals surface area contributed by atoms with E-state index in [-0.39, 0.29) is 6.03 Å². The summed E-state index contributed by atoms with van der Waals surface area (Å²) < 4.78 is 0. The molecular weight excluding hydrogens is 154 g/mol. The molecule has 1 saturated heterocycles. The highest BCUT2D eigenvalue weighted by Gasteiger charge is 2.15. The minimum atomic E-state index is 0.00343. The van der Waals surface area contributed by atoms with Gasteiger partial charge in [0.1, 0.15) is 0 Å². The average molecular weight is 171 g/mol. The van der Waals surface area contributed by atoms with E-state index in [0.29, 0.717) is 6.04 Å². The topological polar surface area (TPSA) is 44.4 Å². The van der Waals surface area contributed by atoms with E-state index in [1.54, 1.807) is 19.0 Å². The third-order valence-corrected chi connectivity index (χ3v) is 2.03. The molecule has 0 spiro atoms. The van der Waals surface area contributed by atoms with Crippen molar-refractivity contribution in [3.63, 3.8) is 0 Å². The number of carbonyl (C=O) groups excluding carboxylic acids is 1. The molecule has 12 heavy (non-hydrogen) atoms. The van der Waals surface area contributed by atoms with E-state index in [1.165, 1.54) is 0 Å². The van der Waals surface area contributed by atoms with Crippen LogP contribution in [-0.4, -0.2) is 44.2 Å². The standard InChI is InChI=1S/C8H17N3O/c1-11(2)8(12)10-7-4-3-5-9-6-7/h7,9H,3-6H2,1-2H3,(H,10,12)/t7-/m1/s1. The van der Waals surface area contributed by atoms with Crippen LogP contribution < -0.4 is 10.6 Å². The first-order valence-corrected chi connectivity index (χ1v) is 4.38. The van der Waals surface area contributed by atoms with Crippen molar-refractivity contribution in [2.75, 3.05) is 27.2 Å². The summed E-state index contributed by atoms with van der Waals surface area (Å²) in [5, 5.41) is 6.19. The Morgan fingerprint density at radius 3 is 2.83 bits per heavy atom. The number of carbonyl (C=O) groups is 1. The van der Waals surface area contributed by atoms with Crippen molar-refractivity contribution < 1.29 is 4.79 Å². The summed E-state index contributed by atoms with van der Waals surface area (Å²) in [7, 11) is 3.51. The highest BCUT2D eigenvalue weighted by atomic mass is 16.2. The molecule has 1 rings (SSSR count). The van der Waals surface area contributed by atoms with Crippen LogP contribution in [-0.2, 0) is 0 Å². The fourth-order valence-corrected chi connectivity index (χ4v) is 1.28. The highest BCUT2D eigenvalue weighted by molar-refractivity contribution is 5.73. The van der Waals surface area contributed by atoms with Crippen LogP contribution in [0.25, 0.3) is 0 Å². The Bertz CT molecular complexity index is 152. The predicted molar refractivity (Wildman–Crippen MR) is 48.1 cm³/mol. The van der Waals surface area contributed by atoms with E-state index in [2.05, 4.69) is 10.6 Å². The molecule has 1 aliphatic heterocycles. The van der Waals surface area contributed by atoms with Crippen LogP contribution >= 0.6 is 0 Å². The lowest BCUT2D eigenvalue weighted by Gasteiger charge is -2.25. The molecule has 0 unspecified atom stereocenters. The zero-order chi connectivity index (χ0) is 8.97. The lowest BCUT2D eigenvalue weighted by atomic mass is 10.1. The second kappa shape index (κ2) is 4.30. The Balaban J connectivity index is 2.24. The van der Waals surface area contributed by atoms with Gasteiger partial charge >= 0.3 is 6.03 Å². The molecule has 0 radical (unpaired) electrons. The monoisotopic (exact) mass is 171 g/mol. The van der Waals surface area contributed by atoms with E-state index < -0.39 is 0 Å². The lowest BCUT2D eigenvalue weighted by Crippen LogP contribution is -2.48. The molecule has 0 aromatic rings. The van der Waals surface area contributed by atoms with Crippen molar-refractivity contribution >= 4 is 6.03 Å². The van der Waals surface area contributed by atoms with E-state index in [0.717, 1.165) is 25.9 Å². The zero-order valence-electron chi connectivity index (χ0n) is 7.76. The smallest absolute Gasteiger partial charge is 0.317 e. The van der Waals surface area contributed by atoms with Crippen LogP contribution in [0, 0.1) is 0 Å². The summed E-state index contributed by atoms with van der Waals surface area (Å²) in [6, 6.07) is 0.317. The number of nitrogens with zero attached hydrogens (tertiary/aromatic N) is 1. The van der Waals surface area contributed by atoms with Gasteiger partial charge in [-0.2, -0.15) is 0 Å². The van der Waals surface area contributed by atoms with Crippen LogP contribution in [0.5, 0.6) is 0 Å². The molecule has 0 saturated carbocycles. The van der Waals surface area contributed by atoms with Gasteiger partial charge in [-0.15, -0.1) is 0 Å². The fourth-order valence-electron chi connectivity index (χ4n) is 1.28. The molecule has 1 fully saturated rings. The number of amides is 2. The number of piperidine rings is 1. The summed E-state index contributed by atoms with van der Waals surface area (Å²) in [6.07, 6.45) is 2.24. The van der Waals surface area contributed by atoms with Crippen molar-refractivity contribution in [2.24, 2.45) is 0 Å². The second-order valence-corrected chi connectivity index (χ2v) is 3.39. The molecular formula is C8H17N3O. The van der Waals surface area contributed by atoms with Gasteiger partial charge in [0.15, 0.2) is 0 Å². The van der Waals surface area contributed by atoms with Crippen LogP contribution in [0.15, 0.2) is 0 Å². The number of hydrogen-bond donors (Lipinski definition) is 2. The van der Waals surface area contributed by atoms with Crippen molar-refractivity contribution in [1.29, 1.82) is 0 Å². The summed E-state index contributed by atoms with van der Waals surface area (Å²) >= 11 is 0. The summed E-state index contributed by atoms with van der Waals surface area (Å²) in [4.78, 5) is 12.8. The number of urea groups is 1. The predicted octanol–water partition coefficient (Wildman–Crippen LogP) is 0.00960. The van der Waals surface area contributed by atoms with Crippen LogP contribution in [0.3, 0.4) is 0 Å². The van der Waals surface area contributed by atoms with Gasteiger partial charge < -0.3 is 15.5 Å². The summed E-state index contributed by atoms with van der Waals surface area (Å²) in [5.74, 6) is 0. The largest absolute Gasteiger partial charge is 0.334 e. The number of nitrogens with one attached hydrogen (secondary N) is 2. The van der Waals surface area contributed by atoms with E-state index >= 15 is 0 Å². The summed E-state index contributed by atoms with van der Waals surface area (Å²) in [6.45, 7) is 1.98. The Kier molecular flexibility index (Phi) is 3.34. The lowest BCUT2D eigenvalue weighted by molar-refractivity contribution is 0.210. The second-order valence-electron chi connectivity index (χ2n) is 3.39. The van der Waals surface area contributed by atoms with Gasteiger partial charge in [0.25, 0.3) is 0 Å². The normalized spacial score (nSPS) is 23.3. The molecule has 1 heterocycles. The van der Waals surface area contributed by atoms with Crippen molar-refractivity contribution in [1.82, 2.24) is 15.5 Å². The molecule has 2 amide bonds. The third-order valence-electron chi connectivity index (χ3n) is 2.03. The highest BCUT2D eigenvalue weighted by Crippen LogP contribution is 2.01. The Morgan fingerprint density at radius 2 is 2.33 bits per heavy atom. The first kappa shape index (κ1) is 9.32. The van der Waals surface area contributed by atoms with Crippen molar-refractivity contribution in [3.8, 4) is 0 Å². The van der Waals surface area contributed by atoms with E-state index in [4.69, 9.17) is 0 Å². The van der Waals surface area contributed by atoms with Gasteiger partial charge in [-0.25, -0.2) is 4.79 Å². The third kappa shape index (κ3) is 2.70. The molecule has 1 aliphatic rings. The van der Waals surface area contributed by atoms with Gasteiger partial charge in [-0.05, 0) is 19.4 Å². The van der Waals surface area contributed by atoms with Gasteiger partial charge in [0.05, 0.1) is 0 Å². The minimum absolute atomic E-state index is 0.00343. The van der Waals surface area contributed by atoms with Crippen LogP contribution in [0.1, 0.15) is 12.8 Å². The first-order valence-electron chi connectivity index (χ1n) is 4.38. The van der Waals surface area contributed by atoms with E-state index in [9.17, 15) is 4.79 Å². The zero-order valence-corrected chi connectivity index (χ0v) is 7.76. The van der Waals surface area contributed by atoms with Crippen molar-refractivity contribution in [3.05, 3.63) is 0 Å². The maximum absolute atomic E-state index is 11.2. The minimum Gasteiger partial charge on any atom is -0.334 e. The number of hydrogen-bond acceptors (Lipinski definition) is 2. The number of rotatable bonds is 1. The van der Waals surface area contributed by atoms with Gasteiger partial charge in [-0.1, -0.05) is 0 Å². The van der Waals surface area contributed by atoms with Crippen LogP contribution in [0.2, 0.25) is 0 Å². The average Bonchev–Trinajstić information content (AvgIpc) is 2.06. The molecule has 0 aromatic carbocycles. The molecule has 0 aromatic heterocycles. The van der Waals surface area contributed by atoms with E-state index in [1.807, 2.05) is 0 Å². The molecule has 1 atom stereocenters. The molecule has 2 N–H and O–H groups in total.